The second-order valence-corrected chi connectivity index (χ2v) is 7.08. The molecule has 0 bridgehead atoms. The van der Waals surface area contributed by atoms with E-state index in [1.165, 1.54) is 12.1 Å². The van der Waals surface area contributed by atoms with Gasteiger partial charge in [0.25, 0.3) is 5.91 Å². The number of amides is 1. The zero-order valence-corrected chi connectivity index (χ0v) is 16.2. The van der Waals surface area contributed by atoms with Crippen LogP contribution in [0.3, 0.4) is 0 Å². The Bertz CT molecular complexity index is 978. The molecular weight excluding hydrogens is 371 g/mol. The molecule has 0 aliphatic carbocycles. The highest BCUT2D eigenvalue weighted by Gasteiger charge is 2.23. The number of nitrogens with one attached hydrogen (secondary N) is 2. The molecule has 0 saturated carbocycles. The van der Waals surface area contributed by atoms with Crippen LogP contribution in [0.15, 0.2) is 54.6 Å². The SMILES string of the molecule is COc1ccccc1C(=O)NC1CCN(c2cc(-c3ccc(F)cc3)[nH]n2)CC1. The molecule has 2 N–H and O–H groups in total. The van der Waals surface area contributed by atoms with Crippen LogP contribution in [0.5, 0.6) is 5.75 Å². The van der Waals surface area contributed by atoms with Crippen LogP contribution in [0.25, 0.3) is 11.3 Å². The number of H-pyrrole nitrogens is 1. The first kappa shape index (κ1) is 19.0. The number of methoxy groups -OCH3 is 1. The summed E-state index contributed by atoms with van der Waals surface area (Å²) in [5.74, 6) is 1.07. The fourth-order valence-corrected chi connectivity index (χ4v) is 3.60. The van der Waals surface area contributed by atoms with Crippen LogP contribution in [0, 0.1) is 5.82 Å². The lowest BCUT2D eigenvalue weighted by Crippen LogP contribution is -2.44. The molecule has 1 aromatic heterocycles. The van der Waals surface area contributed by atoms with Gasteiger partial charge in [0.05, 0.1) is 18.4 Å². The Labute approximate surface area is 168 Å². The van der Waals surface area contributed by atoms with Gasteiger partial charge in [-0.3, -0.25) is 9.89 Å². The van der Waals surface area contributed by atoms with Crippen molar-refractivity contribution in [3.05, 3.63) is 66.0 Å². The van der Waals surface area contributed by atoms with Crippen molar-refractivity contribution in [1.82, 2.24) is 15.5 Å². The van der Waals surface area contributed by atoms with Crippen LogP contribution in [-0.2, 0) is 0 Å². The number of piperidine rings is 1. The van der Waals surface area contributed by atoms with Crippen molar-refractivity contribution in [1.29, 1.82) is 0 Å². The summed E-state index contributed by atoms with van der Waals surface area (Å²) in [4.78, 5) is 14.8. The van der Waals surface area contributed by atoms with Gasteiger partial charge in [-0.15, -0.1) is 0 Å². The van der Waals surface area contributed by atoms with E-state index in [1.807, 2.05) is 18.2 Å². The third kappa shape index (κ3) is 4.23. The summed E-state index contributed by atoms with van der Waals surface area (Å²) in [5, 5.41) is 10.5. The number of halogens is 1. The molecule has 0 radical (unpaired) electrons. The number of carbonyl (C=O) groups is 1. The van der Waals surface area contributed by atoms with Crippen molar-refractivity contribution in [3.63, 3.8) is 0 Å². The van der Waals surface area contributed by atoms with E-state index >= 15 is 0 Å². The van der Waals surface area contributed by atoms with E-state index in [4.69, 9.17) is 4.74 Å². The first-order valence-electron chi connectivity index (χ1n) is 9.64. The van der Waals surface area contributed by atoms with Gasteiger partial charge in [-0.2, -0.15) is 5.10 Å². The number of nitrogens with zero attached hydrogens (tertiary/aromatic N) is 2. The molecule has 1 saturated heterocycles. The van der Waals surface area contributed by atoms with Crippen molar-refractivity contribution in [2.75, 3.05) is 25.1 Å². The second-order valence-electron chi connectivity index (χ2n) is 7.08. The zero-order valence-electron chi connectivity index (χ0n) is 16.2. The van der Waals surface area contributed by atoms with Gasteiger partial charge in [0, 0.05) is 25.2 Å². The smallest absolute Gasteiger partial charge is 0.255 e. The van der Waals surface area contributed by atoms with Gasteiger partial charge in [0.15, 0.2) is 5.82 Å². The van der Waals surface area contributed by atoms with Gasteiger partial charge < -0.3 is 15.0 Å². The molecule has 2 heterocycles. The fraction of sp³-hybridized carbons (Fsp3) is 0.273. The van der Waals surface area contributed by atoms with Crippen molar-refractivity contribution in [2.24, 2.45) is 0 Å². The predicted molar refractivity (Wildman–Crippen MR) is 110 cm³/mol. The Hall–Kier alpha value is -3.35. The average molecular weight is 394 g/mol. The summed E-state index contributed by atoms with van der Waals surface area (Å²) in [7, 11) is 1.56. The third-order valence-electron chi connectivity index (χ3n) is 5.23. The van der Waals surface area contributed by atoms with Crippen molar-refractivity contribution in [2.45, 2.75) is 18.9 Å². The summed E-state index contributed by atoms with van der Waals surface area (Å²) in [5.41, 5.74) is 2.30. The summed E-state index contributed by atoms with van der Waals surface area (Å²) in [6.45, 7) is 1.59. The Kier molecular flexibility index (Phi) is 5.46. The van der Waals surface area contributed by atoms with E-state index in [2.05, 4.69) is 20.4 Å². The molecule has 4 rings (SSSR count). The highest BCUT2D eigenvalue weighted by Crippen LogP contribution is 2.25. The molecule has 0 atom stereocenters. The minimum atomic E-state index is -0.259. The lowest BCUT2D eigenvalue weighted by atomic mass is 10.0. The largest absolute Gasteiger partial charge is 0.496 e. The van der Waals surface area contributed by atoms with E-state index in [9.17, 15) is 9.18 Å². The van der Waals surface area contributed by atoms with Gasteiger partial charge in [-0.05, 0) is 54.8 Å². The number of hydrogen-bond acceptors (Lipinski definition) is 4. The zero-order chi connectivity index (χ0) is 20.2. The first-order valence-corrected chi connectivity index (χ1v) is 9.64. The summed E-state index contributed by atoms with van der Waals surface area (Å²) in [6, 6.07) is 15.6. The second kappa shape index (κ2) is 8.34. The Morgan fingerprint density at radius 3 is 2.62 bits per heavy atom. The number of para-hydroxylation sites is 1. The molecule has 3 aromatic rings. The van der Waals surface area contributed by atoms with E-state index in [-0.39, 0.29) is 17.8 Å². The van der Waals surface area contributed by atoms with Crippen LogP contribution < -0.4 is 15.0 Å². The van der Waals surface area contributed by atoms with Gasteiger partial charge in [0.2, 0.25) is 0 Å². The number of ether oxygens (including phenoxy) is 1. The highest BCUT2D eigenvalue weighted by molar-refractivity contribution is 5.97. The maximum Gasteiger partial charge on any atom is 0.255 e. The molecule has 150 valence electrons. The van der Waals surface area contributed by atoms with Gasteiger partial charge in [-0.1, -0.05) is 12.1 Å². The minimum absolute atomic E-state index is 0.110. The summed E-state index contributed by atoms with van der Waals surface area (Å²) >= 11 is 0. The van der Waals surface area contributed by atoms with E-state index in [0.29, 0.717) is 11.3 Å². The van der Waals surface area contributed by atoms with E-state index in [1.54, 1.807) is 31.4 Å². The standard InChI is InChI=1S/C22H23FN4O2/c1-29-20-5-3-2-4-18(20)22(28)24-17-10-12-27(13-11-17)21-14-19(25-26-21)15-6-8-16(23)9-7-15/h2-9,14,17H,10-13H2,1H3,(H,24,28)(H,25,26). The molecule has 1 aliphatic rings. The Balaban J connectivity index is 1.35. The summed E-state index contributed by atoms with van der Waals surface area (Å²) < 4.78 is 18.4. The number of aromatic nitrogens is 2. The molecule has 0 spiro atoms. The monoisotopic (exact) mass is 394 g/mol. The summed E-state index contributed by atoms with van der Waals surface area (Å²) in [6.07, 6.45) is 1.67. The van der Waals surface area contributed by atoms with E-state index < -0.39 is 0 Å². The number of carbonyl (C=O) groups excluding carboxylic acids is 1. The molecule has 1 amide bonds. The fourth-order valence-electron chi connectivity index (χ4n) is 3.60. The lowest BCUT2D eigenvalue weighted by Gasteiger charge is -2.32. The number of rotatable bonds is 5. The average Bonchev–Trinajstić information content (AvgIpc) is 3.25. The van der Waals surface area contributed by atoms with Crippen LogP contribution in [-0.4, -0.2) is 42.3 Å². The van der Waals surface area contributed by atoms with Crippen LogP contribution in [0.4, 0.5) is 10.2 Å². The normalized spacial score (nSPS) is 14.6. The maximum atomic E-state index is 13.1. The number of aromatic amines is 1. The molecule has 29 heavy (non-hydrogen) atoms. The molecule has 0 unspecified atom stereocenters. The number of anilines is 1. The van der Waals surface area contributed by atoms with Crippen LogP contribution in [0.1, 0.15) is 23.2 Å². The van der Waals surface area contributed by atoms with Crippen LogP contribution >= 0.6 is 0 Å². The third-order valence-corrected chi connectivity index (χ3v) is 5.23. The van der Waals surface area contributed by atoms with Crippen molar-refractivity contribution >= 4 is 11.7 Å². The lowest BCUT2D eigenvalue weighted by molar-refractivity contribution is 0.0928. The molecule has 7 heteroatoms. The van der Waals surface area contributed by atoms with Crippen LogP contribution in [0.2, 0.25) is 0 Å². The Morgan fingerprint density at radius 1 is 1.17 bits per heavy atom. The maximum absolute atomic E-state index is 13.1. The number of hydrogen-bond donors (Lipinski definition) is 2. The predicted octanol–water partition coefficient (Wildman–Crippen LogP) is 3.62. The minimum Gasteiger partial charge on any atom is -0.496 e. The molecule has 6 nitrogen and oxygen atoms in total. The highest BCUT2D eigenvalue weighted by atomic mass is 19.1. The first-order chi connectivity index (χ1) is 14.1. The number of benzene rings is 2. The molecule has 2 aromatic carbocycles. The van der Waals surface area contributed by atoms with Gasteiger partial charge >= 0.3 is 0 Å². The topological polar surface area (TPSA) is 70.2 Å². The Morgan fingerprint density at radius 2 is 1.90 bits per heavy atom. The molecule has 1 aliphatic heterocycles. The van der Waals surface area contributed by atoms with E-state index in [0.717, 1.165) is 43.0 Å². The molecule has 1 fully saturated rings. The van der Waals surface area contributed by atoms with Gasteiger partial charge in [-0.25, -0.2) is 4.39 Å². The van der Waals surface area contributed by atoms with Gasteiger partial charge in [0.1, 0.15) is 11.6 Å². The molecular formula is C22H23FN4O2. The quantitative estimate of drug-likeness (QED) is 0.693. The van der Waals surface area contributed by atoms with Crippen molar-refractivity contribution in [3.8, 4) is 17.0 Å². The van der Waals surface area contributed by atoms with Crippen molar-refractivity contribution < 1.29 is 13.9 Å².